The number of hydrogen-bond acceptors (Lipinski definition) is 4. The van der Waals surface area contributed by atoms with E-state index in [1.807, 2.05) is 0 Å². The van der Waals surface area contributed by atoms with E-state index in [4.69, 9.17) is 4.74 Å². The molecule has 3 fully saturated rings. The third kappa shape index (κ3) is 1.67. The van der Waals surface area contributed by atoms with Gasteiger partial charge in [-0.15, -0.1) is 0 Å². The highest BCUT2D eigenvalue weighted by Crippen LogP contribution is 2.48. The van der Waals surface area contributed by atoms with Gasteiger partial charge in [0.25, 0.3) is 0 Å². The Morgan fingerprint density at radius 2 is 2.00 bits per heavy atom. The van der Waals surface area contributed by atoms with Gasteiger partial charge in [0.15, 0.2) is 0 Å². The summed E-state index contributed by atoms with van der Waals surface area (Å²) in [5, 5.41) is 0.226. The Balaban J connectivity index is 1.83. The van der Waals surface area contributed by atoms with Crippen molar-refractivity contribution in [3.63, 3.8) is 0 Å². The number of unbranched alkanes of at least 4 members (excludes halogenated alkanes) is 1. The molecule has 3 heterocycles. The second-order valence-corrected chi connectivity index (χ2v) is 7.94. The van der Waals surface area contributed by atoms with Crippen LogP contribution in [0.4, 0.5) is 0 Å². The van der Waals surface area contributed by atoms with Crippen LogP contribution in [0.1, 0.15) is 25.7 Å². The van der Waals surface area contributed by atoms with Gasteiger partial charge in [0.2, 0.25) is 15.9 Å². The molecule has 3 saturated heterocycles. The number of carbonyl (C=O) groups is 1. The first-order valence-corrected chi connectivity index (χ1v) is 8.96. The predicted molar refractivity (Wildman–Crippen MR) is 68.8 cm³/mol. The molecule has 1 amide bonds. The Hall–Kier alpha value is -0.140. The molecule has 0 radical (unpaired) electrons. The van der Waals surface area contributed by atoms with Gasteiger partial charge in [0.1, 0.15) is 5.25 Å². The van der Waals surface area contributed by atoms with Crippen LogP contribution < -0.4 is 0 Å². The fraction of sp³-hybridized carbons (Fsp3) is 0.909. The van der Waals surface area contributed by atoms with Crippen LogP contribution in [0.3, 0.4) is 0 Å². The maximum Gasteiger partial charge on any atom is 0.243 e. The second-order valence-electron chi connectivity index (χ2n) is 5.13. The van der Waals surface area contributed by atoms with E-state index in [1.165, 1.54) is 0 Å². The van der Waals surface area contributed by atoms with Crippen molar-refractivity contribution in [1.82, 2.24) is 4.31 Å². The fourth-order valence-corrected chi connectivity index (χ4v) is 6.03. The number of rotatable bonds is 4. The van der Waals surface area contributed by atoms with Crippen LogP contribution in [0.5, 0.6) is 0 Å². The molecule has 0 aliphatic carbocycles. The zero-order chi connectivity index (χ0) is 12.9. The second kappa shape index (κ2) is 4.45. The van der Waals surface area contributed by atoms with E-state index in [1.54, 1.807) is 0 Å². The van der Waals surface area contributed by atoms with Gasteiger partial charge in [-0.2, -0.15) is 0 Å². The monoisotopic (exact) mass is 337 g/mol. The topological polar surface area (TPSA) is 63.7 Å². The number of alkyl halides is 1. The van der Waals surface area contributed by atoms with E-state index in [2.05, 4.69) is 15.9 Å². The standard InChI is InChI=1S/C11H16BrNO4S/c12-5-1-2-6-13-11(14)9-7-3-4-8(17-7)10(9)18(13,15)16/h7-10H,1-6H2/t7?,8-,9-,10+/m0/s1. The van der Waals surface area contributed by atoms with Gasteiger partial charge in [0.05, 0.1) is 18.1 Å². The van der Waals surface area contributed by atoms with Gasteiger partial charge in [-0.05, 0) is 25.7 Å². The van der Waals surface area contributed by atoms with Crippen LogP contribution in [0.2, 0.25) is 0 Å². The molecule has 5 nitrogen and oxygen atoms in total. The Morgan fingerprint density at radius 1 is 1.28 bits per heavy atom. The number of nitrogens with zero attached hydrogens (tertiary/aromatic N) is 1. The average Bonchev–Trinajstić information content (AvgIpc) is 2.97. The third-order valence-electron chi connectivity index (χ3n) is 4.13. The van der Waals surface area contributed by atoms with Crippen molar-refractivity contribution in [2.75, 3.05) is 11.9 Å². The first-order valence-electron chi connectivity index (χ1n) is 6.34. The first kappa shape index (κ1) is 12.9. The Labute approximate surface area is 115 Å². The van der Waals surface area contributed by atoms with E-state index in [-0.39, 0.29) is 18.1 Å². The molecular formula is C11H16BrNO4S. The van der Waals surface area contributed by atoms with Crippen LogP contribution >= 0.6 is 15.9 Å². The van der Waals surface area contributed by atoms with E-state index >= 15 is 0 Å². The van der Waals surface area contributed by atoms with Crippen molar-refractivity contribution < 1.29 is 17.9 Å². The molecule has 3 aliphatic heterocycles. The Kier molecular flexibility index (Phi) is 3.18. The summed E-state index contributed by atoms with van der Waals surface area (Å²) in [6.07, 6.45) is 2.76. The summed E-state index contributed by atoms with van der Waals surface area (Å²) < 4.78 is 31.5. The van der Waals surface area contributed by atoms with Crippen molar-refractivity contribution >= 4 is 31.9 Å². The Bertz CT molecular complexity index is 466. The van der Waals surface area contributed by atoms with Crippen LogP contribution in [0.25, 0.3) is 0 Å². The summed E-state index contributed by atoms with van der Waals surface area (Å²) in [4.78, 5) is 12.2. The number of ether oxygens (including phenoxy) is 1. The number of halogens is 1. The zero-order valence-corrected chi connectivity index (χ0v) is 12.3. The average molecular weight is 338 g/mol. The summed E-state index contributed by atoms with van der Waals surface area (Å²) in [5.74, 6) is -0.667. The van der Waals surface area contributed by atoms with Gasteiger partial charge < -0.3 is 4.74 Å². The fourth-order valence-electron chi connectivity index (χ4n) is 3.34. The van der Waals surface area contributed by atoms with Crippen LogP contribution in [0, 0.1) is 5.92 Å². The number of sulfonamides is 1. The summed E-state index contributed by atoms with van der Waals surface area (Å²) in [6.45, 7) is 0.319. The van der Waals surface area contributed by atoms with Crippen molar-refractivity contribution in [3.8, 4) is 0 Å². The summed E-state index contributed by atoms with van der Waals surface area (Å²) >= 11 is 3.31. The lowest BCUT2D eigenvalue weighted by Gasteiger charge is -2.18. The van der Waals surface area contributed by atoms with Gasteiger partial charge >= 0.3 is 0 Å². The molecule has 0 aromatic rings. The van der Waals surface area contributed by atoms with Gasteiger partial charge in [-0.1, -0.05) is 15.9 Å². The molecule has 18 heavy (non-hydrogen) atoms. The quantitative estimate of drug-likeness (QED) is 0.564. The minimum Gasteiger partial charge on any atom is -0.373 e. The van der Waals surface area contributed by atoms with E-state index in [9.17, 15) is 13.2 Å². The normalized spacial score (nSPS) is 40.5. The molecule has 0 spiro atoms. The van der Waals surface area contributed by atoms with Crippen LogP contribution in [-0.2, 0) is 19.6 Å². The highest BCUT2D eigenvalue weighted by molar-refractivity contribution is 9.09. The molecule has 102 valence electrons. The van der Waals surface area contributed by atoms with E-state index in [0.29, 0.717) is 13.0 Å². The van der Waals surface area contributed by atoms with Crippen LogP contribution in [0.15, 0.2) is 0 Å². The van der Waals surface area contributed by atoms with Crippen LogP contribution in [-0.4, -0.2) is 48.0 Å². The molecule has 0 saturated carbocycles. The highest BCUT2D eigenvalue weighted by Gasteiger charge is 2.65. The minimum absolute atomic E-state index is 0.163. The van der Waals surface area contributed by atoms with E-state index in [0.717, 1.165) is 28.9 Å². The summed E-state index contributed by atoms with van der Waals surface area (Å²) in [5.41, 5.74) is 0. The largest absolute Gasteiger partial charge is 0.373 e. The molecule has 3 rings (SSSR count). The lowest BCUT2D eigenvalue weighted by molar-refractivity contribution is -0.130. The first-order chi connectivity index (χ1) is 8.57. The van der Waals surface area contributed by atoms with Gasteiger partial charge in [-0.25, -0.2) is 12.7 Å². The van der Waals surface area contributed by atoms with E-state index < -0.39 is 21.2 Å². The summed E-state index contributed by atoms with van der Waals surface area (Å²) in [7, 11) is -3.48. The lowest BCUT2D eigenvalue weighted by atomic mass is 9.88. The molecule has 3 aliphatic rings. The summed E-state index contributed by atoms with van der Waals surface area (Å²) in [6, 6.07) is 0. The SMILES string of the molecule is O=C1[C@H]2C3CC[C@H](O3)[C@H]2S(=O)(=O)N1CCCCBr. The zero-order valence-electron chi connectivity index (χ0n) is 9.92. The molecule has 7 heteroatoms. The third-order valence-corrected chi connectivity index (χ3v) is 6.96. The molecule has 1 unspecified atom stereocenters. The van der Waals surface area contributed by atoms with Gasteiger partial charge in [-0.3, -0.25) is 4.79 Å². The predicted octanol–water partition coefficient (Wildman–Crippen LogP) is 0.880. The maximum atomic E-state index is 12.4. The molecule has 0 aromatic heterocycles. The smallest absolute Gasteiger partial charge is 0.243 e. The maximum absolute atomic E-state index is 12.4. The number of hydrogen-bond donors (Lipinski definition) is 0. The number of carbonyl (C=O) groups excluding carboxylic acids is 1. The molecule has 2 bridgehead atoms. The molecule has 0 N–H and O–H groups in total. The highest BCUT2D eigenvalue weighted by atomic mass is 79.9. The lowest BCUT2D eigenvalue weighted by Crippen LogP contribution is -2.36. The number of fused-ring (bicyclic) bond motifs is 5. The minimum atomic E-state index is -3.48. The molecule has 0 aromatic carbocycles. The van der Waals surface area contributed by atoms with Crippen molar-refractivity contribution in [3.05, 3.63) is 0 Å². The number of amides is 1. The van der Waals surface area contributed by atoms with Crippen molar-refractivity contribution in [1.29, 1.82) is 0 Å². The van der Waals surface area contributed by atoms with Gasteiger partial charge in [0, 0.05) is 11.9 Å². The molecule has 4 atom stereocenters. The molecular weight excluding hydrogens is 322 g/mol. The van der Waals surface area contributed by atoms with Crippen molar-refractivity contribution in [2.24, 2.45) is 5.92 Å². The Morgan fingerprint density at radius 3 is 2.67 bits per heavy atom. The van der Waals surface area contributed by atoms with Crippen molar-refractivity contribution in [2.45, 2.75) is 43.1 Å².